The van der Waals surface area contributed by atoms with Crippen molar-refractivity contribution in [1.29, 1.82) is 0 Å². The fraction of sp³-hybridized carbons (Fsp3) is 0.846. The monoisotopic (exact) mass is 256 g/mol. The van der Waals surface area contributed by atoms with Gasteiger partial charge in [0.1, 0.15) is 6.04 Å². The van der Waals surface area contributed by atoms with Crippen molar-refractivity contribution in [1.82, 2.24) is 10.6 Å². The number of nitrogens with one attached hydrogen (secondary N) is 3. The molecule has 1 heterocycles. The summed E-state index contributed by atoms with van der Waals surface area (Å²) in [5, 5.41) is 5.37. The normalized spacial score (nSPS) is 23.1. The second-order valence-electron chi connectivity index (χ2n) is 5.41. The average Bonchev–Trinajstić information content (AvgIpc) is 2.80. The Balaban J connectivity index is 2.25. The smallest absolute Gasteiger partial charge is 0.309 e. The summed E-state index contributed by atoms with van der Waals surface area (Å²) in [6.07, 6.45) is 2.35. The second kappa shape index (κ2) is 7.36. The number of hydrogen-bond acceptors (Lipinski definition) is 2. The van der Waals surface area contributed by atoms with Gasteiger partial charge in [-0.05, 0) is 12.8 Å². The zero-order chi connectivity index (χ0) is 13.5. The first-order valence-electron chi connectivity index (χ1n) is 6.95. The van der Waals surface area contributed by atoms with Gasteiger partial charge in [0.15, 0.2) is 0 Å². The Morgan fingerprint density at radius 3 is 2.56 bits per heavy atom. The molecule has 0 radical (unpaired) electrons. The van der Waals surface area contributed by atoms with Gasteiger partial charge in [0, 0.05) is 19.4 Å². The van der Waals surface area contributed by atoms with Gasteiger partial charge in [0.25, 0.3) is 0 Å². The Bertz CT molecular complexity index is 292. The maximum atomic E-state index is 11.6. The number of carbonyl (C=O) groups is 2. The fourth-order valence-electron chi connectivity index (χ4n) is 2.37. The number of likely N-dealkylation sites (N-methyl/N-ethyl adjacent to an activating group) is 1. The SMILES string of the molecule is CC[NH+]1CCC[C@H]1CNC(=O)C(=O)NCC(C)C. The molecule has 1 fully saturated rings. The zero-order valence-corrected chi connectivity index (χ0v) is 11.7. The quantitative estimate of drug-likeness (QED) is 0.549. The fourth-order valence-corrected chi connectivity index (χ4v) is 2.37. The third-order valence-corrected chi connectivity index (χ3v) is 3.47. The highest BCUT2D eigenvalue weighted by Gasteiger charge is 2.27. The third-order valence-electron chi connectivity index (χ3n) is 3.47. The summed E-state index contributed by atoms with van der Waals surface area (Å²) in [6, 6.07) is 0.469. The minimum atomic E-state index is -0.514. The van der Waals surface area contributed by atoms with E-state index in [0.29, 0.717) is 25.0 Å². The van der Waals surface area contributed by atoms with Crippen molar-refractivity contribution in [3.63, 3.8) is 0 Å². The minimum absolute atomic E-state index is 0.358. The average molecular weight is 256 g/mol. The van der Waals surface area contributed by atoms with Crippen molar-refractivity contribution in [2.45, 2.75) is 39.7 Å². The van der Waals surface area contributed by atoms with E-state index >= 15 is 0 Å². The lowest BCUT2D eigenvalue weighted by Crippen LogP contribution is -3.14. The topological polar surface area (TPSA) is 62.6 Å². The Morgan fingerprint density at radius 2 is 1.94 bits per heavy atom. The third kappa shape index (κ3) is 4.64. The van der Waals surface area contributed by atoms with Crippen molar-refractivity contribution in [2.75, 3.05) is 26.2 Å². The molecule has 3 N–H and O–H groups in total. The number of hydrogen-bond donors (Lipinski definition) is 3. The van der Waals surface area contributed by atoms with E-state index in [-0.39, 0.29) is 0 Å². The van der Waals surface area contributed by atoms with Crippen LogP contribution in [0.3, 0.4) is 0 Å². The van der Waals surface area contributed by atoms with Crippen LogP contribution in [0.15, 0.2) is 0 Å². The lowest BCUT2D eigenvalue weighted by molar-refractivity contribution is -0.909. The van der Waals surface area contributed by atoms with Gasteiger partial charge in [-0.15, -0.1) is 0 Å². The summed E-state index contributed by atoms with van der Waals surface area (Å²) in [4.78, 5) is 24.6. The summed E-state index contributed by atoms with van der Waals surface area (Å²) in [7, 11) is 0. The first kappa shape index (κ1) is 15.0. The van der Waals surface area contributed by atoms with Gasteiger partial charge in [0.2, 0.25) is 0 Å². The van der Waals surface area contributed by atoms with E-state index in [9.17, 15) is 9.59 Å². The van der Waals surface area contributed by atoms with Crippen LogP contribution in [0.25, 0.3) is 0 Å². The van der Waals surface area contributed by atoms with E-state index in [0.717, 1.165) is 13.0 Å². The van der Waals surface area contributed by atoms with Gasteiger partial charge in [-0.2, -0.15) is 0 Å². The van der Waals surface area contributed by atoms with E-state index in [1.807, 2.05) is 13.8 Å². The zero-order valence-electron chi connectivity index (χ0n) is 11.7. The lowest BCUT2D eigenvalue weighted by atomic mass is 10.2. The summed E-state index contributed by atoms with van der Waals surface area (Å²) in [6.45, 7) is 9.57. The van der Waals surface area contributed by atoms with Crippen LogP contribution >= 0.6 is 0 Å². The molecule has 5 heteroatoms. The Labute approximate surface area is 109 Å². The molecule has 0 aromatic heterocycles. The summed E-state index contributed by atoms with van der Waals surface area (Å²) >= 11 is 0. The van der Waals surface area contributed by atoms with Gasteiger partial charge in [-0.1, -0.05) is 13.8 Å². The van der Waals surface area contributed by atoms with E-state index in [1.54, 1.807) is 0 Å². The van der Waals surface area contributed by atoms with E-state index in [4.69, 9.17) is 0 Å². The molecule has 1 rings (SSSR count). The van der Waals surface area contributed by atoms with E-state index in [1.165, 1.54) is 17.9 Å². The van der Waals surface area contributed by atoms with Crippen LogP contribution in [-0.2, 0) is 9.59 Å². The molecule has 0 aromatic rings. The molecular formula is C13H26N3O2+. The molecule has 5 nitrogen and oxygen atoms in total. The van der Waals surface area contributed by atoms with Gasteiger partial charge in [-0.3, -0.25) is 9.59 Å². The Morgan fingerprint density at radius 1 is 1.28 bits per heavy atom. The maximum absolute atomic E-state index is 11.6. The highest BCUT2D eigenvalue weighted by molar-refractivity contribution is 6.35. The van der Waals surface area contributed by atoms with Crippen LogP contribution in [0, 0.1) is 5.92 Å². The highest BCUT2D eigenvalue weighted by atomic mass is 16.2. The first-order valence-corrected chi connectivity index (χ1v) is 6.95. The molecule has 0 bridgehead atoms. The molecular weight excluding hydrogens is 230 g/mol. The van der Waals surface area contributed by atoms with Crippen molar-refractivity contribution in [2.24, 2.45) is 5.92 Å². The highest BCUT2D eigenvalue weighted by Crippen LogP contribution is 1.98. The van der Waals surface area contributed by atoms with Crippen LogP contribution in [0.1, 0.15) is 33.6 Å². The molecule has 1 aliphatic heterocycles. The molecule has 1 unspecified atom stereocenters. The molecule has 2 atom stereocenters. The minimum Gasteiger partial charge on any atom is -0.348 e. The summed E-state index contributed by atoms with van der Waals surface area (Å²) in [5.74, 6) is -0.658. The Kier molecular flexibility index (Phi) is 6.12. The molecule has 1 aliphatic rings. The van der Waals surface area contributed by atoms with Crippen molar-refractivity contribution in [3.8, 4) is 0 Å². The molecule has 0 aliphatic carbocycles. The van der Waals surface area contributed by atoms with Crippen molar-refractivity contribution < 1.29 is 14.5 Å². The van der Waals surface area contributed by atoms with Gasteiger partial charge in [-0.25, -0.2) is 0 Å². The molecule has 1 saturated heterocycles. The first-order chi connectivity index (χ1) is 8.54. The van der Waals surface area contributed by atoms with Crippen LogP contribution in [0.4, 0.5) is 0 Å². The number of amides is 2. The van der Waals surface area contributed by atoms with Gasteiger partial charge < -0.3 is 15.5 Å². The maximum Gasteiger partial charge on any atom is 0.309 e. The van der Waals surface area contributed by atoms with E-state index < -0.39 is 11.8 Å². The molecule has 2 amide bonds. The van der Waals surface area contributed by atoms with Crippen LogP contribution < -0.4 is 15.5 Å². The Hall–Kier alpha value is -1.10. The van der Waals surface area contributed by atoms with Crippen molar-refractivity contribution in [3.05, 3.63) is 0 Å². The van der Waals surface area contributed by atoms with Gasteiger partial charge in [0.05, 0.1) is 19.6 Å². The van der Waals surface area contributed by atoms with E-state index in [2.05, 4.69) is 17.6 Å². The molecule has 18 heavy (non-hydrogen) atoms. The predicted octanol–water partition coefficient (Wildman–Crippen LogP) is -1.06. The van der Waals surface area contributed by atoms with Crippen LogP contribution in [-0.4, -0.2) is 44.0 Å². The lowest BCUT2D eigenvalue weighted by Gasteiger charge is -2.20. The van der Waals surface area contributed by atoms with Crippen molar-refractivity contribution >= 4 is 11.8 Å². The predicted molar refractivity (Wildman–Crippen MR) is 70.3 cm³/mol. The number of carbonyl (C=O) groups excluding carboxylic acids is 2. The van der Waals surface area contributed by atoms with Crippen LogP contribution in [0.2, 0.25) is 0 Å². The summed E-state index contributed by atoms with van der Waals surface area (Å²) in [5.41, 5.74) is 0. The standard InChI is InChI=1S/C13H25N3O2/c1-4-16-7-5-6-11(16)9-15-13(18)12(17)14-8-10(2)3/h10-11H,4-9H2,1-3H3,(H,14,17)(H,15,18)/p+1/t11-/m0/s1. The molecule has 0 saturated carbocycles. The molecule has 0 spiro atoms. The number of rotatable bonds is 5. The largest absolute Gasteiger partial charge is 0.348 e. The van der Waals surface area contributed by atoms with Crippen LogP contribution in [0.5, 0.6) is 0 Å². The second-order valence-corrected chi connectivity index (χ2v) is 5.41. The number of quaternary nitrogens is 1. The molecule has 104 valence electrons. The summed E-state index contributed by atoms with van der Waals surface area (Å²) < 4.78 is 0. The molecule has 0 aromatic carbocycles. The number of likely N-dealkylation sites (tertiary alicyclic amines) is 1. The van der Waals surface area contributed by atoms with Gasteiger partial charge >= 0.3 is 11.8 Å².